The van der Waals surface area contributed by atoms with Gasteiger partial charge in [0.05, 0.1) is 5.92 Å². The Hall–Kier alpha value is -1.06. The van der Waals surface area contributed by atoms with Crippen molar-refractivity contribution < 1.29 is 14.7 Å². The van der Waals surface area contributed by atoms with Gasteiger partial charge in [0.25, 0.3) is 0 Å². The normalized spacial score (nSPS) is 36.0. The van der Waals surface area contributed by atoms with Gasteiger partial charge in [-0.05, 0) is 51.4 Å². The van der Waals surface area contributed by atoms with E-state index in [1.807, 2.05) is 4.90 Å². The first-order valence-corrected chi connectivity index (χ1v) is 7.54. The molecule has 1 N–H and O–H groups in total. The van der Waals surface area contributed by atoms with Crippen LogP contribution in [-0.2, 0) is 9.59 Å². The fourth-order valence-electron chi connectivity index (χ4n) is 3.47. The zero-order chi connectivity index (χ0) is 14.0. The highest BCUT2D eigenvalue weighted by molar-refractivity contribution is 5.80. The molecular formula is C15H25NO3. The van der Waals surface area contributed by atoms with E-state index in [-0.39, 0.29) is 17.7 Å². The van der Waals surface area contributed by atoms with Crippen molar-refractivity contribution in [1.29, 1.82) is 0 Å². The highest BCUT2D eigenvalue weighted by Crippen LogP contribution is 2.32. The van der Waals surface area contributed by atoms with Crippen LogP contribution in [0.2, 0.25) is 0 Å². The summed E-state index contributed by atoms with van der Waals surface area (Å²) in [4.78, 5) is 25.5. The second-order valence-electron chi connectivity index (χ2n) is 6.28. The summed E-state index contributed by atoms with van der Waals surface area (Å²) in [5.74, 6) is -0.0353. The van der Waals surface area contributed by atoms with Gasteiger partial charge in [-0.15, -0.1) is 0 Å². The van der Waals surface area contributed by atoms with Crippen LogP contribution in [0, 0.1) is 17.8 Å². The number of likely N-dealkylation sites (tertiary alicyclic amines) is 1. The molecule has 2 atom stereocenters. The summed E-state index contributed by atoms with van der Waals surface area (Å²) in [6.45, 7) is 5.24. The predicted molar refractivity (Wildman–Crippen MR) is 72.7 cm³/mol. The number of aliphatic carboxylic acids is 1. The Bertz CT molecular complexity index is 347. The summed E-state index contributed by atoms with van der Waals surface area (Å²) >= 11 is 0. The molecule has 108 valence electrons. The highest BCUT2D eigenvalue weighted by atomic mass is 16.4. The lowest BCUT2D eigenvalue weighted by molar-refractivity contribution is -0.147. The van der Waals surface area contributed by atoms with Crippen molar-refractivity contribution in [2.45, 2.75) is 58.4 Å². The van der Waals surface area contributed by atoms with E-state index in [9.17, 15) is 9.59 Å². The Morgan fingerprint density at radius 3 is 2.16 bits per heavy atom. The van der Waals surface area contributed by atoms with Crippen molar-refractivity contribution in [2.24, 2.45) is 17.8 Å². The first-order chi connectivity index (χ1) is 9.00. The fourth-order valence-corrected chi connectivity index (χ4v) is 3.47. The number of hydrogen-bond acceptors (Lipinski definition) is 2. The lowest BCUT2D eigenvalue weighted by atomic mass is 9.80. The largest absolute Gasteiger partial charge is 0.481 e. The molecule has 2 aliphatic rings. The van der Waals surface area contributed by atoms with Crippen LogP contribution < -0.4 is 0 Å². The number of carboxylic acids is 1. The molecule has 0 aromatic heterocycles. The molecule has 0 aromatic carbocycles. The number of carboxylic acid groups (broad SMARTS) is 1. The van der Waals surface area contributed by atoms with Gasteiger partial charge in [-0.25, -0.2) is 0 Å². The Morgan fingerprint density at radius 2 is 1.58 bits per heavy atom. The minimum Gasteiger partial charge on any atom is -0.481 e. The maximum Gasteiger partial charge on any atom is 0.306 e. The summed E-state index contributed by atoms with van der Waals surface area (Å²) in [6.07, 6.45) is 5.10. The van der Waals surface area contributed by atoms with Crippen LogP contribution in [0.4, 0.5) is 0 Å². The third-order valence-corrected chi connectivity index (χ3v) is 5.08. The van der Waals surface area contributed by atoms with E-state index in [4.69, 9.17) is 5.11 Å². The molecule has 4 heteroatoms. The molecule has 1 saturated carbocycles. The third kappa shape index (κ3) is 3.10. The minimum atomic E-state index is -0.703. The zero-order valence-electron chi connectivity index (χ0n) is 12.0. The van der Waals surface area contributed by atoms with Crippen molar-refractivity contribution in [3.05, 3.63) is 0 Å². The molecule has 0 radical (unpaired) electrons. The average molecular weight is 267 g/mol. The van der Waals surface area contributed by atoms with E-state index in [0.29, 0.717) is 24.8 Å². The van der Waals surface area contributed by atoms with E-state index in [0.717, 1.165) is 25.8 Å². The van der Waals surface area contributed by atoms with Crippen LogP contribution in [-0.4, -0.2) is 34.5 Å². The molecule has 1 aliphatic heterocycles. The molecule has 1 heterocycles. The molecule has 1 aliphatic carbocycles. The van der Waals surface area contributed by atoms with Gasteiger partial charge in [0.2, 0.25) is 5.91 Å². The summed E-state index contributed by atoms with van der Waals surface area (Å²) in [7, 11) is 0. The molecule has 4 nitrogen and oxygen atoms in total. The monoisotopic (exact) mass is 267 g/mol. The van der Waals surface area contributed by atoms with Gasteiger partial charge in [0, 0.05) is 18.5 Å². The second-order valence-corrected chi connectivity index (χ2v) is 6.28. The van der Waals surface area contributed by atoms with Gasteiger partial charge in [-0.1, -0.05) is 6.92 Å². The van der Waals surface area contributed by atoms with Gasteiger partial charge in [0.15, 0.2) is 0 Å². The van der Waals surface area contributed by atoms with Gasteiger partial charge in [-0.3, -0.25) is 9.59 Å². The molecule has 2 fully saturated rings. The Kier molecular flexibility index (Phi) is 4.48. The van der Waals surface area contributed by atoms with Gasteiger partial charge >= 0.3 is 5.97 Å². The topological polar surface area (TPSA) is 57.6 Å². The van der Waals surface area contributed by atoms with Crippen molar-refractivity contribution in [3.8, 4) is 0 Å². The maximum atomic E-state index is 12.6. The minimum absolute atomic E-state index is 0.0587. The predicted octanol–water partition coefficient (Wildman–Crippen LogP) is 2.52. The average Bonchev–Trinajstić information content (AvgIpc) is 2.41. The highest BCUT2D eigenvalue weighted by Gasteiger charge is 2.35. The number of nitrogens with zero attached hydrogens (tertiary/aromatic N) is 1. The SMILES string of the molecule is CC1CCCN(C(=O)C2CCC(C(=O)O)CC2)C1C. The number of carbonyl (C=O) groups excluding carboxylic acids is 1. The van der Waals surface area contributed by atoms with E-state index >= 15 is 0 Å². The zero-order valence-corrected chi connectivity index (χ0v) is 12.0. The van der Waals surface area contributed by atoms with E-state index in [1.54, 1.807) is 0 Å². The van der Waals surface area contributed by atoms with Crippen LogP contribution >= 0.6 is 0 Å². The lowest BCUT2D eigenvalue weighted by Crippen LogP contribution is -2.49. The Morgan fingerprint density at radius 1 is 1.00 bits per heavy atom. The number of carbonyl (C=O) groups is 2. The van der Waals surface area contributed by atoms with E-state index in [1.165, 1.54) is 6.42 Å². The van der Waals surface area contributed by atoms with Gasteiger partial charge in [0.1, 0.15) is 0 Å². The van der Waals surface area contributed by atoms with E-state index in [2.05, 4.69) is 13.8 Å². The molecule has 2 unspecified atom stereocenters. The van der Waals surface area contributed by atoms with Crippen LogP contribution in [0.25, 0.3) is 0 Å². The molecule has 0 spiro atoms. The lowest BCUT2D eigenvalue weighted by Gasteiger charge is -2.40. The molecule has 1 saturated heterocycles. The number of amides is 1. The second kappa shape index (κ2) is 5.93. The van der Waals surface area contributed by atoms with Crippen LogP contribution in [0.5, 0.6) is 0 Å². The fraction of sp³-hybridized carbons (Fsp3) is 0.867. The molecule has 1 amide bonds. The van der Waals surface area contributed by atoms with Crippen molar-refractivity contribution >= 4 is 11.9 Å². The molecule has 0 aromatic rings. The Labute approximate surface area is 115 Å². The molecule has 19 heavy (non-hydrogen) atoms. The smallest absolute Gasteiger partial charge is 0.306 e. The summed E-state index contributed by atoms with van der Waals surface area (Å²) < 4.78 is 0. The first kappa shape index (κ1) is 14.4. The summed E-state index contributed by atoms with van der Waals surface area (Å²) in [5.41, 5.74) is 0. The summed E-state index contributed by atoms with van der Waals surface area (Å²) in [5, 5.41) is 8.99. The van der Waals surface area contributed by atoms with E-state index < -0.39 is 5.97 Å². The summed E-state index contributed by atoms with van der Waals surface area (Å²) in [6, 6.07) is 0.332. The molecular weight excluding hydrogens is 242 g/mol. The first-order valence-electron chi connectivity index (χ1n) is 7.54. The quantitative estimate of drug-likeness (QED) is 0.836. The van der Waals surface area contributed by atoms with Crippen molar-refractivity contribution in [1.82, 2.24) is 4.90 Å². The molecule has 0 bridgehead atoms. The molecule has 2 rings (SSSR count). The van der Waals surface area contributed by atoms with Crippen molar-refractivity contribution in [2.75, 3.05) is 6.54 Å². The number of piperidine rings is 1. The van der Waals surface area contributed by atoms with Crippen LogP contribution in [0.3, 0.4) is 0 Å². The number of hydrogen-bond donors (Lipinski definition) is 1. The third-order valence-electron chi connectivity index (χ3n) is 5.08. The Balaban J connectivity index is 1.92. The number of rotatable bonds is 2. The van der Waals surface area contributed by atoms with Crippen LogP contribution in [0.15, 0.2) is 0 Å². The van der Waals surface area contributed by atoms with Gasteiger partial charge < -0.3 is 10.0 Å². The standard InChI is InChI=1S/C15H25NO3/c1-10-4-3-9-16(11(10)2)14(17)12-5-7-13(8-6-12)15(18)19/h10-13H,3-9H2,1-2H3,(H,18,19). The van der Waals surface area contributed by atoms with Crippen molar-refractivity contribution in [3.63, 3.8) is 0 Å². The maximum absolute atomic E-state index is 12.6. The van der Waals surface area contributed by atoms with Crippen LogP contribution in [0.1, 0.15) is 52.4 Å². The van der Waals surface area contributed by atoms with Gasteiger partial charge in [-0.2, -0.15) is 0 Å².